The van der Waals surface area contributed by atoms with Gasteiger partial charge in [0.05, 0.1) is 4.32 Å². The number of hydrogen-bond donors (Lipinski definition) is 0. The van der Waals surface area contributed by atoms with Gasteiger partial charge in [-0.3, -0.25) is 14.4 Å². The predicted molar refractivity (Wildman–Crippen MR) is 99.4 cm³/mol. The van der Waals surface area contributed by atoms with E-state index in [-0.39, 0.29) is 40.0 Å². The Balaban J connectivity index is 1.81. The van der Waals surface area contributed by atoms with Crippen LogP contribution in [0.1, 0.15) is 65.7 Å². The van der Waals surface area contributed by atoms with E-state index in [0.29, 0.717) is 18.8 Å². The van der Waals surface area contributed by atoms with E-state index in [9.17, 15) is 14.4 Å². The molecule has 4 aliphatic rings. The van der Waals surface area contributed by atoms with E-state index in [0.717, 1.165) is 37.7 Å². The molecule has 0 heterocycles. The second-order valence-corrected chi connectivity index (χ2v) is 10.5. The molecule has 3 nitrogen and oxygen atoms in total. The molecule has 0 radical (unpaired) electrons. The van der Waals surface area contributed by atoms with Crippen LogP contribution in [-0.2, 0) is 14.4 Å². The van der Waals surface area contributed by atoms with Crippen LogP contribution in [0.3, 0.4) is 0 Å². The lowest BCUT2D eigenvalue weighted by atomic mass is 9.46. The monoisotopic (exact) mass is 406 g/mol. The SMILES string of the molecule is CC(=O)C1CCC2C3CCC4=CC(=O)CCC4(C)C3(Br)C(=O)CC12C. The Labute approximate surface area is 158 Å². The molecule has 4 aliphatic carbocycles. The van der Waals surface area contributed by atoms with Crippen LogP contribution in [-0.4, -0.2) is 21.7 Å². The minimum Gasteiger partial charge on any atom is -0.300 e. The van der Waals surface area contributed by atoms with Crippen molar-refractivity contribution < 1.29 is 14.4 Å². The molecule has 0 spiro atoms. The van der Waals surface area contributed by atoms with Crippen molar-refractivity contribution >= 4 is 33.3 Å². The van der Waals surface area contributed by atoms with Gasteiger partial charge < -0.3 is 0 Å². The summed E-state index contributed by atoms with van der Waals surface area (Å²) in [6.07, 6.45) is 7.40. The average molecular weight is 407 g/mol. The zero-order valence-electron chi connectivity index (χ0n) is 15.4. The Morgan fingerprint density at radius 2 is 1.84 bits per heavy atom. The lowest BCUT2D eigenvalue weighted by Crippen LogP contribution is -2.64. The highest BCUT2D eigenvalue weighted by atomic mass is 79.9. The van der Waals surface area contributed by atoms with Crippen LogP contribution in [0.4, 0.5) is 0 Å². The van der Waals surface area contributed by atoms with Gasteiger partial charge in [0, 0.05) is 24.2 Å². The molecule has 0 amide bonds. The highest BCUT2D eigenvalue weighted by Gasteiger charge is 2.69. The minimum atomic E-state index is -0.569. The van der Waals surface area contributed by atoms with Crippen molar-refractivity contribution in [2.45, 2.75) is 70.0 Å². The molecular weight excluding hydrogens is 380 g/mol. The number of Topliss-reactive ketones (excluding diaryl/α,β-unsaturated/α-hetero) is 2. The Morgan fingerprint density at radius 1 is 1.12 bits per heavy atom. The largest absolute Gasteiger partial charge is 0.300 e. The molecule has 136 valence electrons. The van der Waals surface area contributed by atoms with Gasteiger partial charge in [-0.15, -0.1) is 0 Å². The van der Waals surface area contributed by atoms with Crippen molar-refractivity contribution in [2.75, 3.05) is 0 Å². The van der Waals surface area contributed by atoms with Gasteiger partial charge >= 0.3 is 0 Å². The van der Waals surface area contributed by atoms with Gasteiger partial charge in [0.1, 0.15) is 5.78 Å². The summed E-state index contributed by atoms with van der Waals surface area (Å²) in [4.78, 5) is 37.7. The lowest BCUT2D eigenvalue weighted by Gasteiger charge is -2.61. The maximum absolute atomic E-state index is 13.5. The fourth-order valence-electron chi connectivity index (χ4n) is 6.96. The topological polar surface area (TPSA) is 51.2 Å². The van der Waals surface area contributed by atoms with E-state index in [1.165, 1.54) is 0 Å². The van der Waals surface area contributed by atoms with Crippen LogP contribution in [0.15, 0.2) is 11.6 Å². The number of carbonyl (C=O) groups is 3. The first-order valence-electron chi connectivity index (χ1n) is 9.61. The molecule has 0 aromatic rings. The molecule has 25 heavy (non-hydrogen) atoms. The third-order valence-electron chi connectivity index (χ3n) is 8.29. The van der Waals surface area contributed by atoms with E-state index in [2.05, 4.69) is 29.8 Å². The number of allylic oxidation sites excluding steroid dienone is 1. The molecular formula is C21H27BrO3. The molecule has 0 aromatic carbocycles. The van der Waals surface area contributed by atoms with Crippen LogP contribution >= 0.6 is 15.9 Å². The Kier molecular flexibility index (Phi) is 3.79. The molecule has 3 fully saturated rings. The van der Waals surface area contributed by atoms with Crippen molar-refractivity contribution in [1.82, 2.24) is 0 Å². The summed E-state index contributed by atoms with van der Waals surface area (Å²) in [5.41, 5.74) is 0.707. The number of alkyl halides is 1. The Morgan fingerprint density at radius 3 is 2.52 bits per heavy atom. The molecule has 0 saturated heterocycles. The van der Waals surface area contributed by atoms with Crippen LogP contribution in [0, 0.1) is 28.6 Å². The third-order valence-corrected chi connectivity index (χ3v) is 10.2. The van der Waals surface area contributed by atoms with Gasteiger partial charge in [-0.25, -0.2) is 0 Å². The van der Waals surface area contributed by atoms with Crippen LogP contribution in [0.2, 0.25) is 0 Å². The molecule has 3 saturated carbocycles. The first kappa shape index (κ1) is 17.6. The highest BCUT2D eigenvalue weighted by molar-refractivity contribution is 9.10. The summed E-state index contributed by atoms with van der Waals surface area (Å²) >= 11 is 3.99. The molecule has 0 aliphatic heterocycles. The second-order valence-electron chi connectivity index (χ2n) is 9.28. The summed E-state index contributed by atoms with van der Waals surface area (Å²) < 4.78 is -0.569. The average Bonchev–Trinajstić information content (AvgIpc) is 2.87. The summed E-state index contributed by atoms with van der Waals surface area (Å²) in [7, 11) is 0. The van der Waals surface area contributed by atoms with E-state index in [1.54, 1.807) is 6.92 Å². The molecule has 0 aromatic heterocycles. The van der Waals surface area contributed by atoms with E-state index in [1.807, 2.05) is 6.08 Å². The number of rotatable bonds is 1. The van der Waals surface area contributed by atoms with Crippen molar-refractivity contribution in [3.05, 3.63) is 11.6 Å². The summed E-state index contributed by atoms with van der Waals surface area (Å²) in [5, 5.41) is 0. The number of hydrogen-bond acceptors (Lipinski definition) is 3. The van der Waals surface area contributed by atoms with Crippen molar-refractivity contribution in [3.63, 3.8) is 0 Å². The van der Waals surface area contributed by atoms with E-state index < -0.39 is 4.32 Å². The molecule has 6 atom stereocenters. The standard InChI is InChI=1S/C21H27BrO3/c1-12(23)15-6-7-16-17-5-4-13-10-14(24)8-9-20(13,3)21(17,22)18(25)11-19(15,16)2/h10,15-17H,4-9,11H2,1-3H3. The number of ketones is 3. The van der Waals surface area contributed by atoms with Gasteiger partial charge in [-0.1, -0.05) is 35.4 Å². The van der Waals surface area contributed by atoms with Gasteiger partial charge in [-0.05, 0) is 62.4 Å². The fraction of sp³-hybridized carbons (Fsp3) is 0.762. The van der Waals surface area contributed by atoms with Gasteiger partial charge in [0.25, 0.3) is 0 Å². The van der Waals surface area contributed by atoms with Crippen molar-refractivity contribution in [1.29, 1.82) is 0 Å². The highest BCUT2D eigenvalue weighted by Crippen LogP contribution is 2.69. The Bertz CT molecular complexity index is 710. The lowest BCUT2D eigenvalue weighted by molar-refractivity contribution is -0.143. The Hall–Kier alpha value is -0.770. The molecule has 0 bridgehead atoms. The zero-order valence-corrected chi connectivity index (χ0v) is 16.9. The van der Waals surface area contributed by atoms with Crippen LogP contribution in [0.25, 0.3) is 0 Å². The van der Waals surface area contributed by atoms with E-state index >= 15 is 0 Å². The summed E-state index contributed by atoms with van der Waals surface area (Å²) in [6, 6.07) is 0. The van der Waals surface area contributed by atoms with Crippen LogP contribution < -0.4 is 0 Å². The normalized spacial score (nSPS) is 49.1. The molecule has 0 N–H and O–H groups in total. The van der Waals surface area contributed by atoms with E-state index in [4.69, 9.17) is 0 Å². The third kappa shape index (κ3) is 2.06. The number of fused-ring (bicyclic) bond motifs is 5. The van der Waals surface area contributed by atoms with Gasteiger partial charge in [-0.2, -0.15) is 0 Å². The zero-order chi connectivity index (χ0) is 18.2. The summed E-state index contributed by atoms with van der Waals surface area (Å²) in [6.45, 7) is 6.05. The van der Waals surface area contributed by atoms with Crippen LogP contribution in [0.5, 0.6) is 0 Å². The van der Waals surface area contributed by atoms with Gasteiger partial charge in [0.15, 0.2) is 11.6 Å². The maximum atomic E-state index is 13.5. The minimum absolute atomic E-state index is 0.0242. The summed E-state index contributed by atoms with van der Waals surface area (Å²) in [5.74, 6) is 1.40. The molecule has 4 rings (SSSR count). The maximum Gasteiger partial charge on any atom is 0.155 e. The second kappa shape index (κ2) is 5.37. The molecule has 4 heteroatoms. The van der Waals surface area contributed by atoms with Crippen molar-refractivity contribution in [3.8, 4) is 0 Å². The number of carbonyl (C=O) groups excluding carboxylic acids is 3. The quantitative estimate of drug-likeness (QED) is 0.605. The first-order valence-corrected chi connectivity index (χ1v) is 10.4. The molecule has 6 unspecified atom stereocenters. The number of halogens is 1. The first-order chi connectivity index (χ1) is 11.6. The van der Waals surface area contributed by atoms with Crippen molar-refractivity contribution in [2.24, 2.45) is 28.6 Å². The predicted octanol–water partition coefficient (Wildman–Crippen LogP) is 4.42. The fourth-order valence-corrected chi connectivity index (χ4v) is 8.10. The van der Waals surface area contributed by atoms with Gasteiger partial charge in [0.2, 0.25) is 0 Å². The smallest absolute Gasteiger partial charge is 0.155 e.